The van der Waals surface area contributed by atoms with Crippen molar-refractivity contribution in [2.24, 2.45) is 5.92 Å². The number of hydrogen-bond acceptors (Lipinski definition) is 4. The van der Waals surface area contributed by atoms with Crippen LogP contribution in [0, 0.1) is 5.92 Å². The number of carboxylic acids is 1. The summed E-state index contributed by atoms with van der Waals surface area (Å²) < 4.78 is 4.97. The Balaban J connectivity index is 1.97. The van der Waals surface area contributed by atoms with Crippen LogP contribution in [-0.2, 0) is 16.1 Å². The lowest BCUT2D eigenvalue weighted by Crippen LogP contribution is -2.43. The molecule has 0 saturated carbocycles. The summed E-state index contributed by atoms with van der Waals surface area (Å²) in [6.45, 7) is 0.904. The molecule has 6 heteroatoms. The van der Waals surface area contributed by atoms with Crippen molar-refractivity contribution < 1.29 is 19.4 Å². The second-order valence-corrected chi connectivity index (χ2v) is 4.24. The maximum Gasteiger partial charge on any atom is 0.410 e. The van der Waals surface area contributed by atoms with Gasteiger partial charge in [0.15, 0.2) is 0 Å². The Kier molecular flexibility index (Phi) is 3.76. The van der Waals surface area contributed by atoms with Crippen molar-refractivity contribution in [3.8, 4) is 0 Å². The number of aliphatic carboxylic acids is 1. The number of cyclic esters (lactones) is 1. The molecule has 18 heavy (non-hydrogen) atoms. The zero-order valence-electron chi connectivity index (χ0n) is 9.78. The van der Waals surface area contributed by atoms with Gasteiger partial charge < -0.3 is 14.7 Å². The molecule has 1 aliphatic heterocycles. The Morgan fingerprint density at radius 2 is 2.39 bits per heavy atom. The first-order chi connectivity index (χ1) is 8.65. The van der Waals surface area contributed by atoms with E-state index in [9.17, 15) is 9.59 Å². The Hall–Kier alpha value is -2.11. The van der Waals surface area contributed by atoms with Crippen molar-refractivity contribution in [1.82, 2.24) is 9.88 Å². The summed E-state index contributed by atoms with van der Waals surface area (Å²) >= 11 is 0. The average Bonchev–Trinajstić information content (AvgIpc) is 2.34. The highest BCUT2D eigenvalue weighted by Gasteiger charge is 2.28. The molecule has 0 aromatic carbocycles. The minimum atomic E-state index is -0.879. The highest BCUT2D eigenvalue weighted by atomic mass is 16.6. The predicted molar refractivity (Wildman–Crippen MR) is 61.7 cm³/mol. The summed E-state index contributed by atoms with van der Waals surface area (Å²) in [4.78, 5) is 27.8. The lowest BCUT2D eigenvalue weighted by molar-refractivity contribution is -0.139. The molecule has 1 N–H and O–H groups in total. The third-order valence-corrected chi connectivity index (χ3v) is 2.72. The number of pyridine rings is 1. The van der Waals surface area contributed by atoms with Gasteiger partial charge in [0.2, 0.25) is 0 Å². The SMILES string of the molecule is O=C(O)CC1COC(=O)N(Cc2ccccn2)C1. The number of carbonyl (C=O) groups is 2. The number of aromatic nitrogens is 1. The first-order valence-electron chi connectivity index (χ1n) is 5.68. The number of hydrogen-bond donors (Lipinski definition) is 1. The summed E-state index contributed by atoms with van der Waals surface area (Å²) in [5.74, 6) is -1.04. The van der Waals surface area contributed by atoms with E-state index >= 15 is 0 Å². The number of nitrogens with zero attached hydrogens (tertiary/aromatic N) is 2. The first kappa shape index (κ1) is 12.3. The van der Waals surface area contributed by atoms with Crippen LogP contribution in [0.5, 0.6) is 0 Å². The van der Waals surface area contributed by atoms with Gasteiger partial charge in [-0.05, 0) is 12.1 Å². The molecule has 96 valence electrons. The van der Waals surface area contributed by atoms with Gasteiger partial charge in [-0.2, -0.15) is 0 Å². The fourth-order valence-corrected chi connectivity index (χ4v) is 1.91. The van der Waals surface area contributed by atoms with Crippen LogP contribution in [0.3, 0.4) is 0 Å². The van der Waals surface area contributed by atoms with Gasteiger partial charge in [0.05, 0.1) is 25.3 Å². The quantitative estimate of drug-likeness (QED) is 0.866. The van der Waals surface area contributed by atoms with Crippen LogP contribution in [-0.4, -0.2) is 40.2 Å². The van der Waals surface area contributed by atoms with E-state index in [2.05, 4.69) is 4.98 Å². The topological polar surface area (TPSA) is 79.7 Å². The van der Waals surface area contributed by atoms with Crippen molar-refractivity contribution in [3.63, 3.8) is 0 Å². The number of rotatable bonds is 4. The maximum atomic E-state index is 11.6. The Morgan fingerprint density at radius 1 is 1.56 bits per heavy atom. The highest BCUT2D eigenvalue weighted by molar-refractivity contribution is 5.70. The van der Waals surface area contributed by atoms with Crippen LogP contribution in [0.15, 0.2) is 24.4 Å². The molecule has 6 nitrogen and oxygen atoms in total. The molecule has 1 aliphatic rings. The smallest absolute Gasteiger partial charge is 0.410 e. The summed E-state index contributed by atoms with van der Waals surface area (Å²) in [5, 5.41) is 8.74. The molecule has 0 radical (unpaired) electrons. The first-order valence-corrected chi connectivity index (χ1v) is 5.68. The van der Waals surface area contributed by atoms with E-state index in [1.165, 1.54) is 4.90 Å². The molecule has 2 rings (SSSR count). The molecule has 1 unspecified atom stereocenters. The van der Waals surface area contributed by atoms with Gasteiger partial charge in [-0.1, -0.05) is 6.07 Å². The molecule has 1 aromatic rings. The molecular weight excluding hydrogens is 236 g/mol. The van der Waals surface area contributed by atoms with Gasteiger partial charge in [-0.15, -0.1) is 0 Å². The van der Waals surface area contributed by atoms with Crippen molar-refractivity contribution in [1.29, 1.82) is 0 Å². The van der Waals surface area contributed by atoms with Crippen LogP contribution in [0.25, 0.3) is 0 Å². The summed E-state index contributed by atoms with van der Waals surface area (Å²) in [7, 11) is 0. The van der Waals surface area contributed by atoms with Crippen LogP contribution in [0.4, 0.5) is 4.79 Å². The van der Waals surface area contributed by atoms with Crippen LogP contribution in [0.2, 0.25) is 0 Å². The van der Waals surface area contributed by atoms with Gasteiger partial charge in [0.25, 0.3) is 0 Å². The van der Waals surface area contributed by atoms with Gasteiger partial charge in [-0.25, -0.2) is 4.79 Å². The average molecular weight is 250 g/mol. The zero-order valence-corrected chi connectivity index (χ0v) is 9.78. The zero-order chi connectivity index (χ0) is 13.0. The molecule has 0 bridgehead atoms. The largest absolute Gasteiger partial charge is 0.481 e. The second kappa shape index (κ2) is 5.48. The Bertz CT molecular complexity index is 435. The Morgan fingerprint density at radius 3 is 3.06 bits per heavy atom. The lowest BCUT2D eigenvalue weighted by Gasteiger charge is -2.31. The molecule has 2 heterocycles. The number of amides is 1. The third kappa shape index (κ3) is 3.19. The van der Waals surface area contributed by atoms with Gasteiger partial charge in [0, 0.05) is 18.7 Å². The number of ether oxygens (including phenoxy) is 1. The van der Waals surface area contributed by atoms with Gasteiger partial charge in [-0.3, -0.25) is 9.78 Å². The van der Waals surface area contributed by atoms with Crippen LogP contribution in [0.1, 0.15) is 12.1 Å². The van der Waals surface area contributed by atoms with E-state index in [1.54, 1.807) is 12.3 Å². The molecule has 1 fully saturated rings. The van der Waals surface area contributed by atoms with E-state index < -0.39 is 12.1 Å². The van der Waals surface area contributed by atoms with Crippen molar-refractivity contribution >= 4 is 12.1 Å². The van der Waals surface area contributed by atoms with E-state index in [0.717, 1.165) is 5.69 Å². The molecule has 0 spiro atoms. The summed E-state index contributed by atoms with van der Waals surface area (Å²) in [5.41, 5.74) is 0.755. The number of carboxylic acid groups (broad SMARTS) is 1. The molecule has 1 aromatic heterocycles. The summed E-state index contributed by atoms with van der Waals surface area (Å²) in [6, 6.07) is 5.45. The monoisotopic (exact) mass is 250 g/mol. The summed E-state index contributed by atoms with van der Waals surface area (Å²) in [6.07, 6.45) is 1.24. The maximum absolute atomic E-state index is 11.6. The normalized spacial score (nSPS) is 19.4. The van der Waals surface area contributed by atoms with Gasteiger partial charge >= 0.3 is 12.1 Å². The van der Waals surface area contributed by atoms with Crippen LogP contribution >= 0.6 is 0 Å². The van der Waals surface area contributed by atoms with E-state index in [-0.39, 0.29) is 18.9 Å². The predicted octanol–water partition coefficient (Wildman–Crippen LogP) is 1.12. The minimum Gasteiger partial charge on any atom is -0.481 e. The second-order valence-electron chi connectivity index (χ2n) is 4.24. The fourth-order valence-electron chi connectivity index (χ4n) is 1.91. The van der Waals surface area contributed by atoms with E-state index in [1.807, 2.05) is 12.1 Å². The lowest BCUT2D eigenvalue weighted by atomic mass is 10.1. The molecule has 1 saturated heterocycles. The highest BCUT2D eigenvalue weighted by Crippen LogP contribution is 2.16. The van der Waals surface area contributed by atoms with E-state index in [4.69, 9.17) is 9.84 Å². The standard InChI is InChI=1S/C12H14N2O4/c15-11(16)5-9-6-14(12(17)18-8-9)7-10-3-1-2-4-13-10/h1-4,9H,5-8H2,(H,15,16). The molecule has 1 atom stereocenters. The molecular formula is C12H14N2O4. The fraction of sp³-hybridized carbons (Fsp3) is 0.417. The van der Waals surface area contributed by atoms with Crippen molar-refractivity contribution in [3.05, 3.63) is 30.1 Å². The van der Waals surface area contributed by atoms with Crippen molar-refractivity contribution in [2.45, 2.75) is 13.0 Å². The van der Waals surface area contributed by atoms with Crippen molar-refractivity contribution in [2.75, 3.05) is 13.2 Å². The molecule has 1 amide bonds. The molecule has 0 aliphatic carbocycles. The van der Waals surface area contributed by atoms with Gasteiger partial charge in [0.1, 0.15) is 0 Å². The van der Waals surface area contributed by atoms with E-state index in [0.29, 0.717) is 13.1 Å². The Labute approximate surface area is 104 Å². The minimum absolute atomic E-state index is 0.00595. The number of carbonyl (C=O) groups excluding carboxylic acids is 1. The third-order valence-electron chi connectivity index (χ3n) is 2.72. The van der Waals surface area contributed by atoms with Crippen LogP contribution < -0.4 is 0 Å².